The summed E-state index contributed by atoms with van der Waals surface area (Å²) in [6.07, 6.45) is 2.48. The van der Waals surface area contributed by atoms with Crippen LogP contribution in [0.15, 0.2) is 12.1 Å². The number of piperidine rings is 1. The molecule has 2 aliphatic rings. The maximum absolute atomic E-state index is 10.5. The van der Waals surface area contributed by atoms with Crippen LogP contribution in [0.5, 0.6) is 5.75 Å². The number of aliphatic hydroxyl groups excluding tert-OH is 2. The molecule has 3 atom stereocenters. The number of hydrogen-bond acceptors (Lipinski definition) is 4. The second-order valence-corrected chi connectivity index (χ2v) is 7.29. The fourth-order valence-corrected chi connectivity index (χ4v) is 4.15. The number of aliphatic hydroxyl groups is 2. The van der Waals surface area contributed by atoms with Gasteiger partial charge < -0.3 is 15.3 Å². The number of phenols is 1. The van der Waals surface area contributed by atoms with Gasteiger partial charge in [0.2, 0.25) is 0 Å². The molecule has 4 nitrogen and oxygen atoms in total. The third-order valence-corrected chi connectivity index (χ3v) is 5.23. The van der Waals surface area contributed by atoms with E-state index in [1.54, 1.807) is 6.07 Å². The maximum Gasteiger partial charge on any atom is 0.121 e. The fraction of sp³-hybridized carbons (Fsp3) is 0.667. The second kappa shape index (κ2) is 6.19. The third kappa shape index (κ3) is 2.87. The molecule has 3 rings (SSSR count). The number of nitrogens with zero attached hydrogens (tertiary/aromatic N) is 1. The van der Waals surface area contributed by atoms with Gasteiger partial charge in [-0.3, -0.25) is 4.90 Å². The van der Waals surface area contributed by atoms with Crippen molar-refractivity contribution >= 4 is 0 Å². The van der Waals surface area contributed by atoms with Crippen LogP contribution >= 0.6 is 0 Å². The Labute approximate surface area is 132 Å². The van der Waals surface area contributed by atoms with E-state index < -0.39 is 0 Å². The highest BCUT2D eigenvalue weighted by molar-refractivity contribution is 5.44. The Morgan fingerprint density at radius 2 is 2.09 bits per heavy atom. The van der Waals surface area contributed by atoms with Gasteiger partial charge in [0.15, 0.2) is 0 Å². The molecule has 22 heavy (non-hydrogen) atoms. The lowest BCUT2D eigenvalue weighted by atomic mass is 9.79. The molecular formula is C18H27NO3. The quantitative estimate of drug-likeness (QED) is 0.801. The molecular weight excluding hydrogens is 278 g/mol. The SMILES string of the molecule is CC(C)CC1CN2CCc3cc(CO)c(O)cc3[C@H]2C[C@H]1O. The molecule has 122 valence electrons. The predicted molar refractivity (Wildman–Crippen MR) is 85.6 cm³/mol. The lowest BCUT2D eigenvalue weighted by Gasteiger charge is -2.46. The maximum atomic E-state index is 10.5. The zero-order valence-corrected chi connectivity index (χ0v) is 13.5. The van der Waals surface area contributed by atoms with Gasteiger partial charge in [0, 0.05) is 24.7 Å². The highest BCUT2D eigenvalue weighted by Gasteiger charge is 2.38. The predicted octanol–water partition coefficient (Wildman–Crippen LogP) is 2.21. The summed E-state index contributed by atoms with van der Waals surface area (Å²) in [5.41, 5.74) is 2.93. The zero-order valence-electron chi connectivity index (χ0n) is 13.5. The topological polar surface area (TPSA) is 63.9 Å². The van der Waals surface area contributed by atoms with E-state index in [0.29, 0.717) is 17.4 Å². The minimum Gasteiger partial charge on any atom is -0.508 e. The van der Waals surface area contributed by atoms with Crippen LogP contribution in [0.1, 0.15) is 49.4 Å². The minimum absolute atomic E-state index is 0.132. The molecule has 0 aromatic heterocycles. The fourth-order valence-electron chi connectivity index (χ4n) is 4.15. The van der Waals surface area contributed by atoms with Gasteiger partial charge in [-0.2, -0.15) is 0 Å². The number of hydrogen-bond donors (Lipinski definition) is 3. The van der Waals surface area contributed by atoms with Gasteiger partial charge in [-0.1, -0.05) is 13.8 Å². The highest BCUT2D eigenvalue weighted by atomic mass is 16.3. The van der Waals surface area contributed by atoms with Crippen molar-refractivity contribution in [1.29, 1.82) is 0 Å². The van der Waals surface area contributed by atoms with Crippen molar-refractivity contribution in [3.63, 3.8) is 0 Å². The summed E-state index contributed by atoms with van der Waals surface area (Å²) in [5.74, 6) is 1.12. The van der Waals surface area contributed by atoms with Crippen molar-refractivity contribution in [2.24, 2.45) is 11.8 Å². The molecule has 2 heterocycles. The summed E-state index contributed by atoms with van der Waals surface area (Å²) in [5, 5.41) is 29.9. The average Bonchev–Trinajstić information content (AvgIpc) is 2.47. The number of benzene rings is 1. The van der Waals surface area contributed by atoms with Gasteiger partial charge in [-0.05, 0) is 54.4 Å². The molecule has 1 saturated heterocycles. The van der Waals surface area contributed by atoms with Crippen LogP contribution in [0.3, 0.4) is 0 Å². The summed E-state index contributed by atoms with van der Waals surface area (Å²) in [6.45, 7) is 6.21. The first-order valence-corrected chi connectivity index (χ1v) is 8.37. The van der Waals surface area contributed by atoms with Gasteiger partial charge in [-0.15, -0.1) is 0 Å². The summed E-state index contributed by atoms with van der Waals surface area (Å²) in [6, 6.07) is 3.92. The summed E-state index contributed by atoms with van der Waals surface area (Å²) in [4.78, 5) is 2.46. The first-order chi connectivity index (χ1) is 10.5. The van der Waals surface area contributed by atoms with Gasteiger partial charge in [0.1, 0.15) is 5.75 Å². The Morgan fingerprint density at radius 3 is 2.77 bits per heavy atom. The van der Waals surface area contributed by atoms with Crippen LogP contribution < -0.4 is 0 Å². The van der Waals surface area contributed by atoms with Crippen molar-refractivity contribution in [1.82, 2.24) is 4.90 Å². The molecule has 2 aliphatic heterocycles. The monoisotopic (exact) mass is 305 g/mol. The third-order valence-electron chi connectivity index (χ3n) is 5.23. The van der Waals surface area contributed by atoms with Crippen molar-refractivity contribution in [3.05, 3.63) is 28.8 Å². The molecule has 0 spiro atoms. The Balaban J connectivity index is 1.85. The normalized spacial score (nSPS) is 28.5. The standard InChI is InChI=1S/C18H27NO3/c1-11(2)5-13-9-19-4-3-12-6-14(10-20)17(21)7-15(12)16(19)8-18(13)22/h6-7,11,13,16,18,20-22H,3-5,8-10H2,1-2H3/t13?,16-,18-/m1/s1. The Morgan fingerprint density at radius 1 is 1.32 bits per heavy atom. The van der Waals surface area contributed by atoms with Crippen LogP contribution in [-0.2, 0) is 13.0 Å². The number of fused-ring (bicyclic) bond motifs is 3. The van der Waals surface area contributed by atoms with E-state index in [-0.39, 0.29) is 24.5 Å². The van der Waals surface area contributed by atoms with Crippen LogP contribution in [0, 0.1) is 11.8 Å². The largest absolute Gasteiger partial charge is 0.508 e. The highest BCUT2D eigenvalue weighted by Crippen LogP contribution is 2.41. The molecule has 3 N–H and O–H groups in total. The molecule has 0 saturated carbocycles. The van der Waals surface area contributed by atoms with E-state index in [0.717, 1.165) is 37.9 Å². The molecule has 1 fully saturated rings. The lowest BCUT2D eigenvalue weighted by Crippen LogP contribution is -2.48. The van der Waals surface area contributed by atoms with E-state index in [4.69, 9.17) is 0 Å². The van der Waals surface area contributed by atoms with E-state index in [2.05, 4.69) is 18.7 Å². The summed E-state index contributed by atoms with van der Waals surface area (Å²) in [7, 11) is 0. The van der Waals surface area contributed by atoms with E-state index in [9.17, 15) is 15.3 Å². The molecule has 1 aromatic rings. The zero-order chi connectivity index (χ0) is 15.9. The lowest BCUT2D eigenvalue weighted by molar-refractivity contribution is -0.0191. The Kier molecular flexibility index (Phi) is 4.44. The Hall–Kier alpha value is -1.10. The molecule has 0 bridgehead atoms. The molecule has 1 unspecified atom stereocenters. The van der Waals surface area contributed by atoms with E-state index in [1.807, 2.05) is 6.07 Å². The van der Waals surface area contributed by atoms with Crippen molar-refractivity contribution in [2.45, 2.75) is 51.9 Å². The molecule has 0 aliphatic carbocycles. The van der Waals surface area contributed by atoms with Crippen LogP contribution in [0.4, 0.5) is 0 Å². The summed E-state index contributed by atoms with van der Waals surface area (Å²) < 4.78 is 0. The molecule has 1 aromatic carbocycles. The van der Waals surface area contributed by atoms with Crippen molar-refractivity contribution < 1.29 is 15.3 Å². The van der Waals surface area contributed by atoms with Gasteiger partial charge in [0.05, 0.1) is 12.7 Å². The smallest absolute Gasteiger partial charge is 0.121 e. The second-order valence-electron chi connectivity index (χ2n) is 7.29. The Bertz CT molecular complexity index is 543. The van der Waals surface area contributed by atoms with Gasteiger partial charge in [0.25, 0.3) is 0 Å². The van der Waals surface area contributed by atoms with Crippen LogP contribution in [-0.4, -0.2) is 39.4 Å². The van der Waals surface area contributed by atoms with Crippen LogP contribution in [0.25, 0.3) is 0 Å². The van der Waals surface area contributed by atoms with Crippen molar-refractivity contribution in [2.75, 3.05) is 13.1 Å². The molecule has 4 heteroatoms. The van der Waals surface area contributed by atoms with Crippen LogP contribution in [0.2, 0.25) is 0 Å². The molecule has 0 radical (unpaired) electrons. The first kappa shape index (κ1) is 15.8. The van der Waals surface area contributed by atoms with Gasteiger partial charge >= 0.3 is 0 Å². The average molecular weight is 305 g/mol. The number of rotatable bonds is 3. The van der Waals surface area contributed by atoms with E-state index >= 15 is 0 Å². The molecule has 0 amide bonds. The van der Waals surface area contributed by atoms with E-state index in [1.165, 1.54) is 5.56 Å². The van der Waals surface area contributed by atoms with Crippen molar-refractivity contribution in [3.8, 4) is 5.75 Å². The number of aromatic hydroxyl groups is 1. The minimum atomic E-state index is -0.269. The van der Waals surface area contributed by atoms with Gasteiger partial charge in [-0.25, -0.2) is 0 Å². The first-order valence-electron chi connectivity index (χ1n) is 8.37. The summed E-state index contributed by atoms with van der Waals surface area (Å²) >= 11 is 0.